The molecule has 13 unspecified atom stereocenters. The van der Waals surface area contributed by atoms with Gasteiger partial charge in [-0.25, -0.2) is 4.79 Å². The maximum atomic E-state index is 14.4. The zero-order chi connectivity index (χ0) is 40.9. The predicted molar refractivity (Wildman–Crippen MR) is 207 cm³/mol. The van der Waals surface area contributed by atoms with E-state index in [1.54, 1.807) is 28.3 Å². The number of rotatable bonds is 6. The Labute approximate surface area is 332 Å². The summed E-state index contributed by atoms with van der Waals surface area (Å²) >= 11 is 0. The Balaban J connectivity index is 1.56. The van der Waals surface area contributed by atoms with Crippen LogP contribution in [0, 0.1) is 17.8 Å². The van der Waals surface area contributed by atoms with Gasteiger partial charge in [-0.2, -0.15) is 0 Å². The molecule has 4 aliphatic rings. The number of aliphatic hydroxyl groups excluding tert-OH is 1. The summed E-state index contributed by atoms with van der Waals surface area (Å²) < 4.78 is 36.0. The molecule has 1 aromatic rings. The topological polar surface area (TPSA) is 167 Å². The number of carbonyl (C=O) groups is 3. The molecule has 1 aliphatic carbocycles. The lowest BCUT2D eigenvalue weighted by Crippen LogP contribution is -2.64. The normalized spacial score (nSPS) is 38.6. The molecule has 1 amide bonds. The van der Waals surface area contributed by atoms with Crippen molar-refractivity contribution in [3.63, 3.8) is 0 Å². The van der Waals surface area contributed by atoms with Crippen molar-refractivity contribution in [1.29, 1.82) is 0 Å². The minimum Gasteiger partial charge on any atom is -0.456 e. The Morgan fingerprint density at radius 1 is 1.00 bits per heavy atom. The van der Waals surface area contributed by atoms with E-state index in [4.69, 9.17) is 28.2 Å². The van der Waals surface area contributed by atoms with Gasteiger partial charge in [-0.1, -0.05) is 50.6 Å². The molecule has 0 spiro atoms. The van der Waals surface area contributed by atoms with Crippen molar-refractivity contribution in [3.8, 4) is 0 Å². The van der Waals surface area contributed by atoms with Crippen LogP contribution in [-0.4, -0.2) is 114 Å². The Kier molecular flexibility index (Phi) is 15.1. The molecule has 5 rings (SSSR count). The van der Waals surface area contributed by atoms with Crippen LogP contribution in [0.1, 0.15) is 129 Å². The molecule has 2 N–H and O–H groups in total. The quantitative estimate of drug-likeness (QED) is 0.203. The van der Waals surface area contributed by atoms with Crippen LogP contribution in [0.4, 0.5) is 0 Å². The second-order valence-corrected chi connectivity index (χ2v) is 17.0. The van der Waals surface area contributed by atoms with Crippen LogP contribution in [-0.2, 0) is 38.1 Å². The summed E-state index contributed by atoms with van der Waals surface area (Å²) in [4.78, 5) is 44.1. The van der Waals surface area contributed by atoms with Gasteiger partial charge in [-0.3, -0.25) is 9.59 Å². The highest BCUT2D eigenvalue weighted by Gasteiger charge is 2.56. The van der Waals surface area contributed by atoms with Gasteiger partial charge < -0.3 is 43.3 Å². The largest absolute Gasteiger partial charge is 0.456 e. The fourth-order valence-electron chi connectivity index (χ4n) is 9.43. The van der Waals surface area contributed by atoms with Crippen LogP contribution in [0.25, 0.3) is 0 Å². The van der Waals surface area contributed by atoms with Gasteiger partial charge in [0.25, 0.3) is 11.7 Å². The fourth-order valence-corrected chi connectivity index (χ4v) is 9.43. The number of ether oxygens (including phenoxy) is 5. The number of nitrogens with zero attached hydrogens (tertiary/aromatic N) is 2. The summed E-state index contributed by atoms with van der Waals surface area (Å²) in [6.07, 6.45) is 6.59. The standard InChI is InChI=1S/C43H66N2O11/c1-10-30-18-24(2)17-25(3)19-36(52-8)39-37(53-9)21-27(5)43(50,55-39)40(47)41(48)45-16-12-11-13-32(45)42(49)54-38(28(6)31-23-34(30)56-44-31)26(4)20-29-14-15-33(46)35(22-29)51-7/h18,20,23,25,27-30,32-33,35-39,46,50H,10-17,19,21-22H2,1-9H3. The summed E-state index contributed by atoms with van der Waals surface area (Å²) in [5.41, 5.74) is 2.59. The molecule has 0 aromatic carbocycles. The van der Waals surface area contributed by atoms with E-state index >= 15 is 0 Å². The van der Waals surface area contributed by atoms with Crippen LogP contribution >= 0.6 is 0 Å². The molecule has 1 aromatic heterocycles. The summed E-state index contributed by atoms with van der Waals surface area (Å²) in [6, 6.07) is 0.892. The lowest BCUT2D eigenvalue weighted by molar-refractivity contribution is -0.302. The number of amides is 1. The smallest absolute Gasteiger partial charge is 0.329 e. The number of cyclic esters (lactones) is 1. The SMILES string of the molecule is CCC1C=C(C)CC(C)CC(OC)C2OC(O)(C(=O)C(=O)N3CCCCC3C(=O)OC(C(C)=CC3CCC(O)C(OC)C3)C(C)c3cc1on3)C(C)CC2OC. The first-order valence-corrected chi connectivity index (χ1v) is 20.7. The lowest BCUT2D eigenvalue weighted by Gasteiger charge is -2.47. The van der Waals surface area contributed by atoms with Gasteiger partial charge in [0.05, 0.1) is 30.1 Å². The van der Waals surface area contributed by atoms with Gasteiger partial charge in [0.2, 0.25) is 5.79 Å². The van der Waals surface area contributed by atoms with Gasteiger partial charge in [0, 0.05) is 51.7 Å². The van der Waals surface area contributed by atoms with Gasteiger partial charge in [-0.05, 0) is 95.5 Å². The number of hydrogen-bond donors (Lipinski definition) is 2. The highest BCUT2D eigenvalue weighted by molar-refractivity contribution is 6.39. The van der Waals surface area contributed by atoms with Crippen molar-refractivity contribution < 1.29 is 52.8 Å². The zero-order valence-corrected chi connectivity index (χ0v) is 34.9. The second-order valence-electron chi connectivity index (χ2n) is 17.0. The molecular formula is C43H66N2O11. The van der Waals surface area contributed by atoms with E-state index in [1.165, 1.54) is 4.90 Å². The monoisotopic (exact) mass is 786 g/mol. The summed E-state index contributed by atoms with van der Waals surface area (Å²) in [5, 5.41) is 27.0. The molecule has 56 heavy (non-hydrogen) atoms. The molecule has 3 fully saturated rings. The van der Waals surface area contributed by atoms with E-state index in [2.05, 4.69) is 38.1 Å². The van der Waals surface area contributed by atoms with E-state index in [0.717, 1.165) is 30.4 Å². The highest BCUT2D eigenvalue weighted by Crippen LogP contribution is 2.40. The predicted octanol–water partition coefficient (Wildman–Crippen LogP) is 5.78. The Morgan fingerprint density at radius 3 is 2.38 bits per heavy atom. The number of aliphatic hydroxyl groups is 2. The number of fused-ring (bicyclic) bond motifs is 5. The van der Waals surface area contributed by atoms with Crippen molar-refractivity contribution in [2.24, 2.45) is 17.8 Å². The van der Waals surface area contributed by atoms with Crippen LogP contribution in [0.2, 0.25) is 0 Å². The second kappa shape index (κ2) is 19.2. The third kappa shape index (κ3) is 9.67. The van der Waals surface area contributed by atoms with Gasteiger partial charge in [-0.15, -0.1) is 0 Å². The average molecular weight is 787 g/mol. The Hall–Kier alpha value is -2.94. The molecule has 4 bridgehead atoms. The van der Waals surface area contributed by atoms with Gasteiger partial charge >= 0.3 is 5.97 Å². The van der Waals surface area contributed by atoms with Gasteiger partial charge in [0.1, 0.15) is 24.0 Å². The number of hydrogen-bond acceptors (Lipinski definition) is 12. The van der Waals surface area contributed by atoms with Crippen LogP contribution in [0.3, 0.4) is 0 Å². The Morgan fingerprint density at radius 2 is 1.70 bits per heavy atom. The van der Waals surface area contributed by atoms with E-state index in [1.807, 2.05) is 19.9 Å². The number of esters is 1. The fraction of sp³-hybridized carbons (Fsp3) is 0.767. The first kappa shape index (κ1) is 44.2. The first-order chi connectivity index (χ1) is 26.6. The van der Waals surface area contributed by atoms with Crippen molar-refractivity contribution >= 4 is 17.7 Å². The molecular weight excluding hydrogens is 720 g/mol. The third-order valence-electron chi connectivity index (χ3n) is 12.8. The molecule has 4 heterocycles. The molecule has 13 nitrogen and oxygen atoms in total. The lowest BCUT2D eigenvalue weighted by atomic mass is 9.82. The Bertz CT molecular complexity index is 1570. The molecule has 1 saturated carbocycles. The maximum Gasteiger partial charge on any atom is 0.329 e. The number of aromatic nitrogens is 1. The van der Waals surface area contributed by atoms with E-state index in [-0.39, 0.29) is 36.8 Å². The van der Waals surface area contributed by atoms with E-state index in [9.17, 15) is 24.6 Å². The number of Topliss-reactive ketones (excluding diaryl/α,β-unsaturated/α-hetero) is 1. The number of allylic oxidation sites excluding steroid dienone is 3. The maximum absolute atomic E-state index is 14.4. The average Bonchev–Trinajstić information content (AvgIpc) is 3.68. The van der Waals surface area contributed by atoms with Crippen LogP contribution in [0.15, 0.2) is 33.9 Å². The van der Waals surface area contributed by atoms with Crippen molar-refractivity contribution in [3.05, 3.63) is 40.8 Å². The van der Waals surface area contributed by atoms with Crippen molar-refractivity contribution in [1.82, 2.24) is 10.1 Å². The zero-order valence-electron chi connectivity index (χ0n) is 34.9. The van der Waals surface area contributed by atoms with Crippen molar-refractivity contribution in [2.45, 2.75) is 166 Å². The van der Waals surface area contributed by atoms with E-state index in [0.29, 0.717) is 50.0 Å². The molecule has 0 radical (unpaired) electrons. The van der Waals surface area contributed by atoms with Crippen molar-refractivity contribution in [2.75, 3.05) is 27.9 Å². The summed E-state index contributed by atoms with van der Waals surface area (Å²) in [5.74, 6) is -5.54. The summed E-state index contributed by atoms with van der Waals surface area (Å²) in [7, 11) is 4.73. The first-order valence-electron chi connectivity index (χ1n) is 20.7. The number of piperidine rings is 1. The number of methoxy groups -OCH3 is 3. The molecule has 13 atom stereocenters. The van der Waals surface area contributed by atoms with Gasteiger partial charge in [0.15, 0.2) is 0 Å². The van der Waals surface area contributed by atoms with Crippen LogP contribution < -0.4 is 0 Å². The molecule has 3 aliphatic heterocycles. The van der Waals surface area contributed by atoms with E-state index < -0.39 is 71.8 Å². The number of carbonyl (C=O) groups excluding carboxylic acids is 3. The minimum atomic E-state index is -2.46. The number of ketones is 1. The van der Waals surface area contributed by atoms with Crippen LogP contribution in [0.5, 0.6) is 0 Å². The molecule has 2 saturated heterocycles. The third-order valence-corrected chi connectivity index (χ3v) is 12.8. The molecule has 13 heteroatoms. The molecule has 314 valence electrons. The minimum absolute atomic E-state index is 0.0378. The summed E-state index contributed by atoms with van der Waals surface area (Å²) in [6.45, 7) is 12.0. The highest BCUT2D eigenvalue weighted by atomic mass is 16.7.